The summed E-state index contributed by atoms with van der Waals surface area (Å²) < 4.78 is 4.92. The Balaban J connectivity index is 1.96. The maximum atomic E-state index is 12.6. The number of ketones is 1. The van der Waals surface area contributed by atoms with Gasteiger partial charge in [-0.2, -0.15) is 0 Å². The summed E-state index contributed by atoms with van der Waals surface area (Å²) in [5.41, 5.74) is 2.32. The summed E-state index contributed by atoms with van der Waals surface area (Å²) in [4.78, 5) is 24.7. The van der Waals surface area contributed by atoms with Gasteiger partial charge in [0.25, 0.3) is 0 Å². The zero-order valence-corrected chi connectivity index (χ0v) is 13.3. The van der Waals surface area contributed by atoms with Crippen LogP contribution in [0.4, 0.5) is 0 Å². The first-order valence-corrected chi connectivity index (χ1v) is 7.91. The molecule has 0 amide bonds. The van der Waals surface area contributed by atoms with Crippen LogP contribution in [0.25, 0.3) is 10.8 Å². The molecule has 0 aliphatic heterocycles. The molecule has 0 aromatic heterocycles. The molecule has 0 saturated carbocycles. The van der Waals surface area contributed by atoms with Crippen molar-refractivity contribution >= 4 is 22.5 Å². The molecule has 2 aromatic rings. The van der Waals surface area contributed by atoms with E-state index in [0.717, 1.165) is 18.4 Å². The van der Waals surface area contributed by atoms with Gasteiger partial charge in [0.05, 0.1) is 7.11 Å². The summed E-state index contributed by atoms with van der Waals surface area (Å²) in [7, 11) is 1.37. The van der Waals surface area contributed by atoms with Crippen LogP contribution in [0.3, 0.4) is 0 Å². The third kappa shape index (κ3) is 1.83. The predicted octanol–water partition coefficient (Wildman–Crippen LogP) is 3.56. The Bertz CT molecular complexity index is 878. The van der Waals surface area contributed by atoms with Gasteiger partial charge in [-0.05, 0) is 40.8 Å². The van der Waals surface area contributed by atoms with Crippen LogP contribution in [-0.4, -0.2) is 18.9 Å². The van der Waals surface area contributed by atoms with Crippen molar-refractivity contribution in [2.75, 3.05) is 7.11 Å². The van der Waals surface area contributed by atoms with Gasteiger partial charge in [-0.15, -0.1) is 0 Å². The van der Waals surface area contributed by atoms with Crippen LogP contribution in [0, 0.1) is 5.41 Å². The fraction of sp³-hybridized carbons (Fsp3) is 0.300. The highest BCUT2D eigenvalue weighted by molar-refractivity contribution is 6.09. The number of allylic oxidation sites excluding steroid dienone is 1. The van der Waals surface area contributed by atoms with Crippen molar-refractivity contribution in [3.63, 3.8) is 0 Å². The monoisotopic (exact) mass is 306 g/mol. The number of hydrogen-bond acceptors (Lipinski definition) is 3. The Morgan fingerprint density at radius 1 is 1.22 bits per heavy atom. The fourth-order valence-corrected chi connectivity index (χ4v) is 4.23. The molecular formula is C20H18O3. The maximum Gasteiger partial charge on any atom is 0.334 e. The van der Waals surface area contributed by atoms with Gasteiger partial charge in [0.15, 0.2) is 5.78 Å². The highest BCUT2D eigenvalue weighted by Gasteiger charge is 2.52. The molecule has 2 aliphatic carbocycles. The lowest BCUT2D eigenvalue weighted by Crippen LogP contribution is -2.35. The van der Waals surface area contributed by atoms with Crippen LogP contribution in [0.1, 0.15) is 30.4 Å². The first-order valence-electron chi connectivity index (χ1n) is 7.91. The number of benzene rings is 2. The minimum absolute atomic E-state index is 0.0432. The number of esters is 1. The molecule has 2 aliphatic rings. The Morgan fingerprint density at radius 2 is 2.00 bits per heavy atom. The van der Waals surface area contributed by atoms with Crippen molar-refractivity contribution in [2.45, 2.75) is 25.7 Å². The number of aryl methyl sites for hydroxylation is 1. The molecule has 0 saturated heterocycles. The van der Waals surface area contributed by atoms with Crippen molar-refractivity contribution in [1.82, 2.24) is 0 Å². The summed E-state index contributed by atoms with van der Waals surface area (Å²) >= 11 is 0. The minimum Gasteiger partial charge on any atom is -0.466 e. The van der Waals surface area contributed by atoms with E-state index in [-0.39, 0.29) is 11.7 Å². The topological polar surface area (TPSA) is 43.4 Å². The Hall–Kier alpha value is -2.42. The summed E-state index contributed by atoms with van der Waals surface area (Å²) in [6, 6.07) is 12.4. The molecule has 116 valence electrons. The van der Waals surface area contributed by atoms with Crippen LogP contribution >= 0.6 is 0 Å². The third-order valence-electron chi connectivity index (χ3n) is 5.50. The van der Waals surface area contributed by atoms with Gasteiger partial charge in [0, 0.05) is 16.9 Å². The highest BCUT2D eigenvalue weighted by atomic mass is 16.5. The summed E-state index contributed by atoms with van der Waals surface area (Å²) in [6.07, 6.45) is 3.12. The molecule has 0 N–H and O–H groups in total. The quantitative estimate of drug-likeness (QED) is 0.757. The molecule has 23 heavy (non-hydrogen) atoms. The van der Waals surface area contributed by atoms with Crippen molar-refractivity contribution in [2.24, 2.45) is 5.41 Å². The van der Waals surface area contributed by atoms with Gasteiger partial charge in [0.1, 0.15) is 0 Å². The van der Waals surface area contributed by atoms with Crippen molar-refractivity contribution in [3.8, 4) is 0 Å². The van der Waals surface area contributed by atoms with Crippen LogP contribution < -0.4 is 0 Å². The number of carbonyl (C=O) groups is 2. The summed E-state index contributed by atoms with van der Waals surface area (Å²) in [5, 5.41) is 2.42. The Kier molecular flexibility index (Phi) is 2.95. The van der Waals surface area contributed by atoms with Gasteiger partial charge in [-0.1, -0.05) is 43.3 Å². The lowest BCUT2D eigenvalue weighted by Gasteiger charge is -2.38. The average Bonchev–Trinajstić information content (AvgIpc) is 2.85. The van der Waals surface area contributed by atoms with E-state index in [9.17, 15) is 9.59 Å². The van der Waals surface area contributed by atoms with Gasteiger partial charge >= 0.3 is 5.97 Å². The van der Waals surface area contributed by atoms with E-state index >= 15 is 0 Å². The second-order valence-electron chi connectivity index (χ2n) is 6.66. The van der Waals surface area contributed by atoms with E-state index < -0.39 is 11.4 Å². The van der Waals surface area contributed by atoms with Crippen molar-refractivity contribution in [3.05, 3.63) is 59.2 Å². The lowest BCUT2D eigenvalue weighted by molar-refractivity contribution is -0.136. The number of fused-ring (bicyclic) bond motifs is 5. The molecule has 2 aromatic carbocycles. The van der Waals surface area contributed by atoms with Gasteiger partial charge in [0.2, 0.25) is 0 Å². The van der Waals surface area contributed by atoms with E-state index in [1.54, 1.807) is 0 Å². The lowest BCUT2D eigenvalue weighted by atomic mass is 9.64. The standard InChI is InChI=1S/C20H18O3/c1-20-10-9-14-13-6-4-3-5-12(13)7-8-15(14)18(20)16(11-17(20)21)19(22)23-2/h3-8,11,18H,9-10H2,1-2H3/t18-,20+/m0/s1. The minimum atomic E-state index is -0.529. The van der Waals surface area contributed by atoms with E-state index in [1.165, 1.54) is 29.5 Å². The molecule has 0 radical (unpaired) electrons. The molecule has 3 nitrogen and oxygen atoms in total. The second kappa shape index (κ2) is 4.79. The largest absolute Gasteiger partial charge is 0.466 e. The Labute approximate surface area is 134 Å². The Morgan fingerprint density at radius 3 is 2.78 bits per heavy atom. The van der Waals surface area contributed by atoms with E-state index in [2.05, 4.69) is 24.3 Å². The summed E-state index contributed by atoms with van der Waals surface area (Å²) in [6.45, 7) is 1.98. The predicted molar refractivity (Wildman–Crippen MR) is 88.2 cm³/mol. The fourth-order valence-electron chi connectivity index (χ4n) is 4.23. The summed E-state index contributed by atoms with van der Waals surface area (Å²) in [5.74, 6) is -0.550. The molecule has 0 fully saturated rings. The molecule has 0 bridgehead atoms. The zero-order valence-electron chi connectivity index (χ0n) is 13.3. The van der Waals surface area contributed by atoms with Crippen LogP contribution in [0.2, 0.25) is 0 Å². The second-order valence-corrected chi connectivity index (χ2v) is 6.66. The molecule has 3 heteroatoms. The van der Waals surface area contributed by atoms with Crippen LogP contribution in [0.5, 0.6) is 0 Å². The van der Waals surface area contributed by atoms with Crippen molar-refractivity contribution < 1.29 is 14.3 Å². The van der Waals surface area contributed by atoms with Gasteiger partial charge in [-0.25, -0.2) is 4.79 Å². The zero-order chi connectivity index (χ0) is 16.2. The molecule has 0 spiro atoms. The maximum absolute atomic E-state index is 12.6. The molecule has 2 atom stereocenters. The first-order chi connectivity index (χ1) is 11.1. The smallest absolute Gasteiger partial charge is 0.334 e. The number of hydrogen-bond donors (Lipinski definition) is 0. The molecule has 4 rings (SSSR count). The SMILES string of the molecule is COC(=O)C1=CC(=O)[C@@]2(C)CCc3c(ccc4ccccc34)[C@@H]12. The van der Waals surface area contributed by atoms with E-state index in [4.69, 9.17) is 4.74 Å². The average molecular weight is 306 g/mol. The van der Waals surface area contributed by atoms with E-state index in [1.807, 2.05) is 19.1 Å². The number of ether oxygens (including phenoxy) is 1. The highest BCUT2D eigenvalue weighted by Crippen LogP contribution is 2.54. The number of carbonyl (C=O) groups excluding carboxylic acids is 2. The van der Waals surface area contributed by atoms with Crippen LogP contribution in [0.15, 0.2) is 48.0 Å². The first kappa shape index (κ1) is 14.2. The van der Waals surface area contributed by atoms with Crippen LogP contribution in [-0.2, 0) is 20.7 Å². The van der Waals surface area contributed by atoms with Gasteiger partial charge < -0.3 is 4.74 Å². The molecule has 0 heterocycles. The normalized spacial score (nSPS) is 25.7. The molecular weight excluding hydrogens is 288 g/mol. The molecule has 0 unspecified atom stereocenters. The van der Waals surface area contributed by atoms with Gasteiger partial charge in [-0.3, -0.25) is 4.79 Å². The van der Waals surface area contributed by atoms with Crippen molar-refractivity contribution in [1.29, 1.82) is 0 Å². The number of methoxy groups -OCH3 is 1. The van der Waals surface area contributed by atoms with E-state index in [0.29, 0.717) is 5.57 Å². The third-order valence-corrected chi connectivity index (χ3v) is 5.50. The number of rotatable bonds is 1.